The number of nitrogens with zero attached hydrogens (tertiary/aromatic N) is 3. The summed E-state index contributed by atoms with van der Waals surface area (Å²) in [5.41, 5.74) is 1.64. The first-order chi connectivity index (χ1) is 11.9. The summed E-state index contributed by atoms with van der Waals surface area (Å²) in [7, 11) is 0. The molecule has 128 valence electrons. The number of anilines is 1. The van der Waals surface area contributed by atoms with Crippen LogP contribution >= 0.6 is 39.1 Å². The molecule has 1 N–H and O–H groups in total. The second kappa shape index (κ2) is 7.56. The molecule has 0 fully saturated rings. The van der Waals surface area contributed by atoms with E-state index in [1.807, 2.05) is 31.2 Å². The molecule has 3 aromatic rings. The number of aryl methyl sites for hydroxylation is 1. The summed E-state index contributed by atoms with van der Waals surface area (Å²) in [6, 6.07) is 10.9. The monoisotopic (exact) mass is 438 g/mol. The van der Waals surface area contributed by atoms with E-state index in [0.717, 1.165) is 15.7 Å². The standard InChI is InChI=1S/C17H13BrCl2N4O/c1-10-6-15(22-16(25)7-11-2-4-12(18)5-3-11)24(23-10)17-14(20)8-13(19)9-21-17/h2-6,8-9H,7H2,1H3,(H,22,25). The van der Waals surface area contributed by atoms with Gasteiger partial charge in [-0.3, -0.25) is 4.79 Å². The lowest BCUT2D eigenvalue weighted by Crippen LogP contribution is -2.17. The molecule has 0 saturated heterocycles. The normalized spacial score (nSPS) is 10.7. The summed E-state index contributed by atoms with van der Waals surface area (Å²) in [6.45, 7) is 1.82. The van der Waals surface area contributed by atoms with Gasteiger partial charge >= 0.3 is 0 Å². The van der Waals surface area contributed by atoms with Crippen LogP contribution in [0.25, 0.3) is 5.82 Å². The first kappa shape index (κ1) is 17.9. The van der Waals surface area contributed by atoms with Gasteiger partial charge in [0.25, 0.3) is 0 Å². The van der Waals surface area contributed by atoms with Crippen LogP contribution in [0.2, 0.25) is 10.0 Å². The maximum Gasteiger partial charge on any atom is 0.229 e. The summed E-state index contributed by atoms with van der Waals surface area (Å²) >= 11 is 15.5. The van der Waals surface area contributed by atoms with Crippen molar-refractivity contribution in [2.24, 2.45) is 0 Å². The van der Waals surface area contributed by atoms with Gasteiger partial charge in [-0.1, -0.05) is 51.3 Å². The minimum atomic E-state index is -0.159. The number of amides is 1. The van der Waals surface area contributed by atoms with E-state index in [1.165, 1.54) is 10.9 Å². The first-order valence-corrected chi connectivity index (χ1v) is 8.89. The number of hydrogen-bond acceptors (Lipinski definition) is 3. The summed E-state index contributed by atoms with van der Waals surface area (Å²) in [5, 5.41) is 7.98. The number of carbonyl (C=O) groups excluding carboxylic acids is 1. The molecule has 0 atom stereocenters. The zero-order chi connectivity index (χ0) is 18.0. The highest BCUT2D eigenvalue weighted by molar-refractivity contribution is 9.10. The molecule has 1 amide bonds. The maximum absolute atomic E-state index is 12.4. The van der Waals surface area contributed by atoms with E-state index >= 15 is 0 Å². The summed E-state index contributed by atoms with van der Waals surface area (Å²) < 4.78 is 2.46. The molecule has 0 aliphatic rings. The van der Waals surface area contributed by atoms with Crippen LogP contribution in [0.3, 0.4) is 0 Å². The van der Waals surface area contributed by atoms with Gasteiger partial charge in [0.15, 0.2) is 5.82 Å². The van der Waals surface area contributed by atoms with Crippen LogP contribution in [0.4, 0.5) is 5.82 Å². The van der Waals surface area contributed by atoms with Gasteiger partial charge in [0, 0.05) is 16.7 Å². The molecule has 8 heteroatoms. The Balaban J connectivity index is 1.83. The number of benzene rings is 1. The SMILES string of the molecule is Cc1cc(NC(=O)Cc2ccc(Br)cc2)n(-c2ncc(Cl)cc2Cl)n1. The fraction of sp³-hybridized carbons (Fsp3) is 0.118. The number of hydrogen-bond donors (Lipinski definition) is 1. The molecule has 5 nitrogen and oxygen atoms in total. The predicted molar refractivity (Wildman–Crippen MR) is 103 cm³/mol. The van der Waals surface area contributed by atoms with Crippen LogP contribution in [0, 0.1) is 6.92 Å². The van der Waals surface area contributed by atoms with E-state index in [2.05, 4.69) is 31.3 Å². The predicted octanol–water partition coefficient (Wildman–Crippen LogP) is 4.83. The molecule has 0 radical (unpaired) electrons. The van der Waals surface area contributed by atoms with Crippen molar-refractivity contribution in [3.8, 4) is 5.82 Å². The van der Waals surface area contributed by atoms with E-state index in [0.29, 0.717) is 21.7 Å². The van der Waals surface area contributed by atoms with Crippen LogP contribution in [0.1, 0.15) is 11.3 Å². The second-order valence-corrected chi connectivity index (χ2v) is 7.15. The van der Waals surface area contributed by atoms with Crippen molar-refractivity contribution in [3.05, 3.63) is 68.4 Å². The molecule has 1 aromatic carbocycles. The van der Waals surface area contributed by atoms with Crippen molar-refractivity contribution in [3.63, 3.8) is 0 Å². The number of halogens is 3. The molecule has 2 aromatic heterocycles. The number of rotatable bonds is 4. The highest BCUT2D eigenvalue weighted by atomic mass is 79.9. The zero-order valence-electron chi connectivity index (χ0n) is 13.1. The molecule has 0 unspecified atom stereocenters. The average molecular weight is 440 g/mol. The van der Waals surface area contributed by atoms with Crippen molar-refractivity contribution in [1.82, 2.24) is 14.8 Å². The number of nitrogens with one attached hydrogen (secondary N) is 1. The van der Waals surface area contributed by atoms with E-state index < -0.39 is 0 Å². The third-order valence-corrected chi connectivity index (χ3v) is 4.38. The molecule has 3 rings (SSSR count). The van der Waals surface area contributed by atoms with Crippen LogP contribution in [-0.2, 0) is 11.2 Å². The Labute approximate surface area is 163 Å². The van der Waals surface area contributed by atoms with Gasteiger partial charge in [-0.25, -0.2) is 4.98 Å². The molecule has 25 heavy (non-hydrogen) atoms. The zero-order valence-corrected chi connectivity index (χ0v) is 16.2. The van der Waals surface area contributed by atoms with Crippen molar-refractivity contribution in [1.29, 1.82) is 0 Å². The second-order valence-electron chi connectivity index (χ2n) is 5.39. The fourth-order valence-electron chi connectivity index (χ4n) is 2.29. The van der Waals surface area contributed by atoms with Gasteiger partial charge in [-0.05, 0) is 30.7 Å². The minimum absolute atomic E-state index is 0.159. The minimum Gasteiger partial charge on any atom is -0.310 e. The summed E-state index contributed by atoms with van der Waals surface area (Å²) in [6.07, 6.45) is 1.73. The molecular weight excluding hydrogens is 427 g/mol. The molecular formula is C17H13BrCl2N4O. The third-order valence-electron chi connectivity index (χ3n) is 3.37. The quantitative estimate of drug-likeness (QED) is 0.633. The third kappa shape index (κ3) is 4.39. The van der Waals surface area contributed by atoms with E-state index in [-0.39, 0.29) is 12.3 Å². The van der Waals surface area contributed by atoms with Gasteiger partial charge in [0.2, 0.25) is 5.91 Å². The smallest absolute Gasteiger partial charge is 0.229 e. The lowest BCUT2D eigenvalue weighted by atomic mass is 10.1. The van der Waals surface area contributed by atoms with Crippen LogP contribution in [0.15, 0.2) is 47.1 Å². The largest absolute Gasteiger partial charge is 0.310 e. The Kier molecular flexibility index (Phi) is 5.42. The van der Waals surface area contributed by atoms with E-state index in [4.69, 9.17) is 23.2 Å². The van der Waals surface area contributed by atoms with Crippen LogP contribution in [0.5, 0.6) is 0 Å². The molecule has 0 bridgehead atoms. The Hall–Kier alpha value is -1.89. The Morgan fingerprint density at radius 3 is 2.64 bits per heavy atom. The number of aromatic nitrogens is 3. The van der Waals surface area contributed by atoms with Gasteiger partial charge in [0.05, 0.1) is 22.2 Å². The summed E-state index contributed by atoms with van der Waals surface area (Å²) in [5.74, 6) is 0.739. The van der Waals surface area contributed by atoms with Crippen LogP contribution in [-0.4, -0.2) is 20.7 Å². The highest BCUT2D eigenvalue weighted by Gasteiger charge is 2.15. The maximum atomic E-state index is 12.4. The molecule has 0 saturated carbocycles. The van der Waals surface area contributed by atoms with Crippen molar-refractivity contribution in [2.45, 2.75) is 13.3 Å². The summed E-state index contributed by atoms with van der Waals surface area (Å²) in [4.78, 5) is 16.6. The van der Waals surface area contributed by atoms with Crippen molar-refractivity contribution >= 4 is 50.9 Å². The molecule has 0 aliphatic carbocycles. The lowest BCUT2D eigenvalue weighted by molar-refractivity contribution is -0.115. The van der Waals surface area contributed by atoms with Gasteiger partial charge in [0.1, 0.15) is 5.82 Å². The Bertz CT molecular complexity index is 925. The molecule has 2 heterocycles. The first-order valence-electron chi connectivity index (χ1n) is 7.35. The van der Waals surface area contributed by atoms with Crippen LogP contribution < -0.4 is 5.32 Å². The van der Waals surface area contributed by atoms with Gasteiger partial charge in [-0.2, -0.15) is 9.78 Å². The number of carbonyl (C=O) groups is 1. The number of pyridine rings is 1. The fourth-order valence-corrected chi connectivity index (χ4v) is 3.01. The molecule has 0 aliphatic heterocycles. The van der Waals surface area contributed by atoms with E-state index in [1.54, 1.807) is 12.1 Å². The Morgan fingerprint density at radius 2 is 1.96 bits per heavy atom. The topological polar surface area (TPSA) is 59.8 Å². The molecule has 0 spiro atoms. The van der Waals surface area contributed by atoms with Crippen molar-refractivity contribution in [2.75, 3.05) is 5.32 Å². The Morgan fingerprint density at radius 1 is 1.24 bits per heavy atom. The van der Waals surface area contributed by atoms with E-state index in [9.17, 15) is 4.79 Å². The highest BCUT2D eigenvalue weighted by Crippen LogP contribution is 2.25. The lowest BCUT2D eigenvalue weighted by Gasteiger charge is -2.10. The van der Waals surface area contributed by atoms with Gasteiger partial charge < -0.3 is 5.32 Å². The average Bonchev–Trinajstić information content (AvgIpc) is 2.89. The van der Waals surface area contributed by atoms with Gasteiger partial charge in [-0.15, -0.1) is 0 Å². The van der Waals surface area contributed by atoms with Crippen molar-refractivity contribution < 1.29 is 4.79 Å².